The van der Waals surface area contributed by atoms with Crippen LogP contribution in [0.3, 0.4) is 0 Å². The fraction of sp³-hybridized carbons (Fsp3) is 0.471. The Balaban J connectivity index is 1.92. The minimum absolute atomic E-state index is 0.178. The third-order valence-corrected chi connectivity index (χ3v) is 4.92. The van der Waals surface area contributed by atoms with E-state index in [2.05, 4.69) is 10.6 Å². The van der Waals surface area contributed by atoms with Crippen LogP contribution in [0.15, 0.2) is 12.1 Å². The summed E-state index contributed by atoms with van der Waals surface area (Å²) in [6.45, 7) is 5.62. The van der Waals surface area contributed by atoms with Crippen LogP contribution in [0.1, 0.15) is 42.2 Å². The fourth-order valence-electron chi connectivity index (χ4n) is 2.40. The predicted molar refractivity (Wildman–Crippen MR) is 96.0 cm³/mol. The van der Waals surface area contributed by atoms with Crippen molar-refractivity contribution in [3.05, 3.63) is 21.9 Å². The van der Waals surface area contributed by atoms with E-state index in [4.69, 9.17) is 4.74 Å². The molecule has 1 atom stereocenters. The number of carbonyl (C=O) groups excluding carboxylic acids is 5. The molecule has 2 rings (SSSR count). The summed E-state index contributed by atoms with van der Waals surface area (Å²) in [6, 6.07) is 2.62. The molecule has 2 heterocycles. The highest BCUT2D eigenvalue weighted by Gasteiger charge is 2.45. The molecule has 1 fully saturated rings. The first-order valence-electron chi connectivity index (χ1n) is 8.22. The lowest BCUT2D eigenvalue weighted by Gasteiger charge is -2.16. The summed E-state index contributed by atoms with van der Waals surface area (Å²) in [7, 11) is 0. The smallest absolute Gasteiger partial charge is 0.326 e. The van der Waals surface area contributed by atoms with Crippen molar-refractivity contribution in [2.24, 2.45) is 0 Å². The van der Waals surface area contributed by atoms with Crippen LogP contribution < -0.4 is 10.6 Å². The monoisotopic (exact) mass is 395 g/mol. The molecule has 0 aromatic carbocycles. The van der Waals surface area contributed by atoms with Crippen molar-refractivity contribution in [2.45, 2.75) is 45.9 Å². The Labute approximate surface area is 160 Å². The van der Waals surface area contributed by atoms with E-state index >= 15 is 0 Å². The second-order valence-electron chi connectivity index (χ2n) is 6.62. The molecule has 1 aromatic rings. The number of ketones is 1. The molecule has 0 spiro atoms. The van der Waals surface area contributed by atoms with Gasteiger partial charge in [0.25, 0.3) is 5.91 Å². The van der Waals surface area contributed by atoms with E-state index in [0.29, 0.717) is 11.4 Å². The average molecular weight is 395 g/mol. The van der Waals surface area contributed by atoms with E-state index in [1.807, 2.05) is 0 Å². The first-order chi connectivity index (χ1) is 12.5. The standard InChI is InChI=1S/C17H21N3O6S/c1-9(14(23)12-6-5-11(27-12)7-18-10(2)21)26-13(22)8-20-15(24)17(3,4)19-16(20)25/h5-6,9H,7-8H2,1-4H3,(H,18,21)(H,19,25). The summed E-state index contributed by atoms with van der Waals surface area (Å²) >= 11 is 1.19. The van der Waals surface area contributed by atoms with Crippen LogP contribution in [0.4, 0.5) is 4.79 Å². The van der Waals surface area contributed by atoms with E-state index in [9.17, 15) is 24.0 Å². The maximum absolute atomic E-state index is 12.4. The van der Waals surface area contributed by atoms with Crippen LogP contribution in [0.25, 0.3) is 0 Å². The van der Waals surface area contributed by atoms with Crippen molar-refractivity contribution in [1.29, 1.82) is 0 Å². The molecule has 1 aromatic heterocycles. The molecule has 0 aliphatic carbocycles. The van der Waals surface area contributed by atoms with E-state index in [0.717, 1.165) is 9.78 Å². The highest BCUT2D eigenvalue weighted by molar-refractivity contribution is 7.14. The van der Waals surface area contributed by atoms with Crippen LogP contribution in [0, 0.1) is 0 Å². The number of urea groups is 1. The lowest BCUT2D eigenvalue weighted by atomic mass is 10.1. The zero-order valence-corrected chi connectivity index (χ0v) is 16.3. The zero-order valence-electron chi connectivity index (χ0n) is 15.5. The number of hydrogen-bond acceptors (Lipinski definition) is 7. The van der Waals surface area contributed by atoms with Crippen molar-refractivity contribution >= 4 is 40.9 Å². The van der Waals surface area contributed by atoms with Gasteiger partial charge in [-0.2, -0.15) is 0 Å². The Morgan fingerprint density at radius 2 is 1.96 bits per heavy atom. The molecule has 1 aliphatic heterocycles. The topological polar surface area (TPSA) is 122 Å². The molecule has 4 amide bonds. The van der Waals surface area contributed by atoms with Gasteiger partial charge in [-0.3, -0.25) is 24.1 Å². The number of Topliss-reactive ketones (excluding diaryl/α,β-unsaturated/α-hetero) is 1. The predicted octanol–water partition coefficient (Wildman–Crippen LogP) is 0.829. The molecule has 0 radical (unpaired) electrons. The largest absolute Gasteiger partial charge is 0.453 e. The number of imide groups is 1. The molecule has 146 valence electrons. The number of ether oxygens (including phenoxy) is 1. The summed E-state index contributed by atoms with van der Waals surface area (Å²) in [5.74, 6) is -1.97. The molecule has 1 aliphatic rings. The second kappa shape index (κ2) is 7.87. The van der Waals surface area contributed by atoms with E-state index in [1.54, 1.807) is 12.1 Å². The summed E-state index contributed by atoms with van der Waals surface area (Å²) in [5.41, 5.74) is -1.08. The van der Waals surface area contributed by atoms with Gasteiger partial charge in [0.15, 0.2) is 6.10 Å². The third-order valence-electron chi connectivity index (χ3n) is 3.83. The molecule has 1 saturated heterocycles. The van der Waals surface area contributed by atoms with Gasteiger partial charge in [0, 0.05) is 11.8 Å². The van der Waals surface area contributed by atoms with E-state index in [1.165, 1.54) is 39.0 Å². The number of amides is 4. The summed E-state index contributed by atoms with van der Waals surface area (Å²) in [4.78, 5) is 61.1. The molecular weight excluding hydrogens is 374 g/mol. The molecular formula is C17H21N3O6S. The number of thiophene rings is 1. The van der Waals surface area contributed by atoms with Crippen LogP contribution in [0.5, 0.6) is 0 Å². The van der Waals surface area contributed by atoms with Crippen molar-refractivity contribution in [2.75, 3.05) is 6.54 Å². The lowest BCUT2D eigenvalue weighted by molar-refractivity contribution is -0.149. The maximum atomic E-state index is 12.4. The van der Waals surface area contributed by atoms with E-state index < -0.39 is 41.9 Å². The Bertz CT molecular complexity index is 800. The quantitative estimate of drug-likeness (QED) is 0.401. The van der Waals surface area contributed by atoms with Crippen LogP contribution in [-0.4, -0.2) is 52.7 Å². The molecule has 0 bridgehead atoms. The number of hydrogen-bond donors (Lipinski definition) is 2. The number of rotatable bonds is 7. The van der Waals surface area contributed by atoms with Gasteiger partial charge >= 0.3 is 12.0 Å². The van der Waals surface area contributed by atoms with Crippen LogP contribution in [-0.2, 0) is 25.7 Å². The molecule has 0 saturated carbocycles. The highest BCUT2D eigenvalue weighted by atomic mass is 32.1. The minimum atomic E-state index is -1.08. The maximum Gasteiger partial charge on any atom is 0.326 e. The van der Waals surface area contributed by atoms with Crippen molar-refractivity contribution < 1.29 is 28.7 Å². The second-order valence-corrected chi connectivity index (χ2v) is 7.79. The molecule has 1 unspecified atom stereocenters. The SMILES string of the molecule is CC(=O)NCc1ccc(C(=O)C(C)OC(=O)CN2C(=O)NC(C)(C)C2=O)s1. The van der Waals surface area contributed by atoms with Crippen molar-refractivity contribution in [3.63, 3.8) is 0 Å². The van der Waals surface area contributed by atoms with Crippen molar-refractivity contribution in [3.8, 4) is 0 Å². The Hall–Kier alpha value is -2.75. The van der Waals surface area contributed by atoms with Gasteiger partial charge in [-0.25, -0.2) is 4.79 Å². The number of esters is 1. The molecule has 2 N–H and O–H groups in total. The first-order valence-corrected chi connectivity index (χ1v) is 9.04. The molecule has 10 heteroatoms. The third kappa shape index (κ3) is 4.91. The molecule has 9 nitrogen and oxygen atoms in total. The highest BCUT2D eigenvalue weighted by Crippen LogP contribution is 2.20. The Kier molecular flexibility index (Phi) is 5.99. The van der Waals surface area contributed by atoms with Gasteiger partial charge in [-0.05, 0) is 32.9 Å². The van der Waals surface area contributed by atoms with E-state index in [-0.39, 0.29) is 5.91 Å². The van der Waals surface area contributed by atoms with Gasteiger partial charge in [-0.15, -0.1) is 11.3 Å². The van der Waals surface area contributed by atoms with Crippen molar-refractivity contribution in [1.82, 2.24) is 15.5 Å². The number of carbonyl (C=O) groups is 5. The van der Waals surface area contributed by atoms with Gasteiger partial charge in [0.1, 0.15) is 12.1 Å². The Morgan fingerprint density at radius 3 is 2.52 bits per heavy atom. The average Bonchev–Trinajstić information content (AvgIpc) is 3.11. The molecule has 27 heavy (non-hydrogen) atoms. The summed E-state index contributed by atoms with van der Waals surface area (Å²) in [5, 5.41) is 5.09. The van der Waals surface area contributed by atoms with Gasteiger partial charge in [0.2, 0.25) is 11.7 Å². The fourth-order valence-corrected chi connectivity index (χ4v) is 3.36. The normalized spacial score (nSPS) is 16.7. The first kappa shape index (κ1) is 20.6. The summed E-state index contributed by atoms with van der Waals surface area (Å²) < 4.78 is 5.08. The number of nitrogens with zero attached hydrogens (tertiary/aromatic N) is 1. The van der Waals surface area contributed by atoms with Gasteiger partial charge in [0.05, 0.1) is 11.4 Å². The summed E-state index contributed by atoms with van der Waals surface area (Å²) in [6.07, 6.45) is -1.07. The zero-order chi connectivity index (χ0) is 20.4. The van der Waals surface area contributed by atoms with Crippen LogP contribution >= 0.6 is 11.3 Å². The van der Waals surface area contributed by atoms with Gasteiger partial charge in [-0.1, -0.05) is 0 Å². The van der Waals surface area contributed by atoms with Crippen LogP contribution in [0.2, 0.25) is 0 Å². The van der Waals surface area contributed by atoms with Gasteiger partial charge < -0.3 is 15.4 Å². The minimum Gasteiger partial charge on any atom is -0.453 e. The number of nitrogens with one attached hydrogen (secondary N) is 2. The lowest BCUT2D eigenvalue weighted by Crippen LogP contribution is -2.41. The Morgan fingerprint density at radius 1 is 1.30 bits per heavy atom.